The van der Waals surface area contributed by atoms with Crippen LogP contribution in [0.2, 0.25) is 0 Å². The minimum Gasteiger partial charge on any atom is -0.454 e. The number of carbonyl (C=O) groups is 1. The Morgan fingerprint density at radius 2 is 2.64 bits per heavy atom. The van der Waals surface area contributed by atoms with Crippen molar-refractivity contribution in [1.82, 2.24) is 4.90 Å². The summed E-state index contributed by atoms with van der Waals surface area (Å²) in [7, 11) is 1.33. The van der Waals surface area contributed by atoms with E-state index in [0.29, 0.717) is 6.54 Å². The van der Waals surface area contributed by atoms with E-state index >= 15 is 0 Å². The fraction of sp³-hybridized carbons (Fsp3) is 0.500. The molecule has 0 bridgehead atoms. The van der Waals surface area contributed by atoms with E-state index in [-0.39, 0.29) is 18.3 Å². The Hall–Kier alpha value is -1.72. The predicted octanol–water partition coefficient (Wildman–Crippen LogP) is -0.336. The van der Waals surface area contributed by atoms with E-state index in [1.807, 2.05) is 12.2 Å². The highest BCUT2D eigenvalue weighted by molar-refractivity contribution is 5.76. The van der Waals surface area contributed by atoms with Crippen molar-refractivity contribution < 1.29 is 14.3 Å². The van der Waals surface area contributed by atoms with Crippen LogP contribution in [0, 0.1) is 0 Å². The van der Waals surface area contributed by atoms with Gasteiger partial charge >= 0.3 is 6.09 Å². The van der Waals surface area contributed by atoms with Crippen molar-refractivity contribution in [2.24, 2.45) is 10.7 Å². The summed E-state index contributed by atoms with van der Waals surface area (Å²) in [6.07, 6.45) is 2.58. The van der Waals surface area contributed by atoms with Gasteiger partial charge in [0.15, 0.2) is 12.3 Å². The van der Waals surface area contributed by atoms with Gasteiger partial charge in [0.1, 0.15) is 0 Å². The van der Waals surface area contributed by atoms with Gasteiger partial charge in [0.2, 0.25) is 0 Å². The first-order valence-corrected chi connectivity index (χ1v) is 4.23. The van der Waals surface area contributed by atoms with Crippen LogP contribution in [-0.2, 0) is 9.47 Å². The summed E-state index contributed by atoms with van der Waals surface area (Å²) < 4.78 is 9.80. The summed E-state index contributed by atoms with van der Waals surface area (Å²) in [5.41, 5.74) is 5.41. The molecule has 6 nitrogen and oxygen atoms in total. The van der Waals surface area contributed by atoms with Gasteiger partial charge in [-0.15, -0.1) is 0 Å². The minimum absolute atomic E-state index is 0.112. The molecule has 0 aromatic carbocycles. The first-order chi connectivity index (χ1) is 6.72. The maximum Gasteiger partial charge on any atom is 0.411 e. The maximum absolute atomic E-state index is 11.3. The third-order valence-corrected chi connectivity index (χ3v) is 2.17. The molecule has 1 amide bonds. The van der Waals surface area contributed by atoms with Gasteiger partial charge < -0.3 is 15.2 Å². The lowest BCUT2D eigenvalue weighted by molar-refractivity contribution is 0.0831. The molecule has 0 saturated heterocycles. The van der Waals surface area contributed by atoms with Crippen LogP contribution in [0.3, 0.4) is 0 Å². The Labute approximate surface area is 81.0 Å². The number of rotatable bonds is 0. The Kier molecular flexibility index (Phi) is 2.03. The van der Waals surface area contributed by atoms with E-state index in [4.69, 9.17) is 10.5 Å². The molecule has 2 heterocycles. The molecule has 2 rings (SSSR count). The van der Waals surface area contributed by atoms with Crippen LogP contribution in [0.5, 0.6) is 0 Å². The fourth-order valence-electron chi connectivity index (χ4n) is 1.54. The topological polar surface area (TPSA) is 77.1 Å². The summed E-state index contributed by atoms with van der Waals surface area (Å²) in [6.45, 7) is 0.466. The van der Waals surface area contributed by atoms with Crippen LogP contribution in [-0.4, -0.2) is 42.9 Å². The fourth-order valence-corrected chi connectivity index (χ4v) is 1.54. The second kappa shape index (κ2) is 3.21. The number of methoxy groups -OCH3 is 1. The van der Waals surface area contributed by atoms with Crippen LogP contribution in [0.1, 0.15) is 0 Å². The zero-order valence-electron chi connectivity index (χ0n) is 7.71. The molecule has 14 heavy (non-hydrogen) atoms. The minimum atomic E-state index is -0.425. The second-order valence-corrected chi connectivity index (χ2v) is 3.01. The smallest absolute Gasteiger partial charge is 0.411 e. The van der Waals surface area contributed by atoms with Crippen molar-refractivity contribution in [3.8, 4) is 0 Å². The van der Waals surface area contributed by atoms with Crippen molar-refractivity contribution in [1.29, 1.82) is 0 Å². The standard InChI is InChI=1S/C8H11N3O3/c1-13-8(12)11-4-2-3-5-6(11)10-7(9)14-5/h2-3,5-6H,4H2,1H3,(H2,9,10)/t5-,6?/m1/s1. The zero-order chi connectivity index (χ0) is 10.1. The number of ether oxygens (including phenoxy) is 2. The molecular formula is C8H11N3O3. The molecule has 2 aliphatic rings. The van der Waals surface area contributed by atoms with E-state index in [9.17, 15) is 4.79 Å². The first kappa shape index (κ1) is 8.86. The lowest BCUT2D eigenvalue weighted by atomic mass is 10.2. The molecule has 2 atom stereocenters. The van der Waals surface area contributed by atoms with Crippen LogP contribution in [0.15, 0.2) is 17.1 Å². The van der Waals surface area contributed by atoms with Crippen molar-refractivity contribution >= 4 is 12.1 Å². The average molecular weight is 197 g/mol. The molecule has 0 aliphatic carbocycles. The van der Waals surface area contributed by atoms with Gasteiger partial charge in [-0.2, -0.15) is 0 Å². The molecule has 1 unspecified atom stereocenters. The number of amides is 1. The number of hydrogen-bond acceptors (Lipinski definition) is 5. The molecule has 76 valence electrons. The SMILES string of the molecule is COC(=O)N1CC=C[C@H]2OC(N)=NC21. The summed E-state index contributed by atoms with van der Waals surface area (Å²) in [4.78, 5) is 16.8. The number of nitrogens with zero attached hydrogens (tertiary/aromatic N) is 2. The molecule has 0 aromatic heterocycles. The number of amidine groups is 1. The van der Waals surface area contributed by atoms with Crippen molar-refractivity contribution in [2.45, 2.75) is 12.3 Å². The summed E-state index contributed by atoms with van der Waals surface area (Å²) in [6, 6.07) is 0.112. The second-order valence-electron chi connectivity index (χ2n) is 3.01. The van der Waals surface area contributed by atoms with Gasteiger partial charge in [-0.3, -0.25) is 4.90 Å². The molecule has 0 spiro atoms. The monoisotopic (exact) mass is 197 g/mol. The number of aliphatic imine (C=N–C) groups is 1. The van der Waals surface area contributed by atoms with E-state index in [1.54, 1.807) is 0 Å². The highest BCUT2D eigenvalue weighted by Crippen LogP contribution is 2.21. The molecule has 6 heteroatoms. The number of fused-ring (bicyclic) bond motifs is 1. The van der Waals surface area contributed by atoms with Crippen LogP contribution < -0.4 is 5.73 Å². The van der Waals surface area contributed by atoms with Crippen molar-refractivity contribution in [3.63, 3.8) is 0 Å². The Balaban J connectivity index is 2.20. The van der Waals surface area contributed by atoms with Gasteiger partial charge in [-0.05, 0) is 6.08 Å². The number of carbonyl (C=O) groups excluding carboxylic acids is 1. The largest absolute Gasteiger partial charge is 0.454 e. The third kappa shape index (κ3) is 1.28. The van der Waals surface area contributed by atoms with Crippen molar-refractivity contribution in [2.75, 3.05) is 13.7 Å². The van der Waals surface area contributed by atoms with Crippen LogP contribution >= 0.6 is 0 Å². The molecule has 2 aliphatic heterocycles. The molecule has 0 radical (unpaired) electrons. The Bertz CT molecular complexity index is 313. The van der Waals surface area contributed by atoms with Crippen LogP contribution in [0.4, 0.5) is 4.79 Å². The van der Waals surface area contributed by atoms with E-state index < -0.39 is 6.09 Å². The van der Waals surface area contributed by atoms with Crippen LogP contribution in [0.25, 0.3) is 0 Å². The van der Waals surface area contributed by atoms with E-state index in [1.165, 1.54) is 12.0 Å². The van der Waals surface area contributed by atoms with E-state index in [0.717, 1.165) is 0 Å². The molecule has 2 N–H and O–H groups in total. The highest BCUT2D eigenvalue weighted by Gasteiger charge is 2.37. The Morgan fingerprint density at radius 3 is 3.36 bits per heavy atom. The van der Waals surface area contributed by atoms with E-state index in [2.05, 4.69) is 9.73 Å². The summed E-state index contributed by atoms with van der Waals surface area (Å²) in [5.74, 6) is 0. The van der Waals surface area contributed by atoms with Gasteiger partial charge in [0.05, 0.1) is 7.11 Å². The Morgan fingerprint density at radius 1 is 1.86 bits per heavy atom. The number of hydrogen-bond donors (Lipinski definition) is 1. The molecular weight excluding hydrogens is 186 g/mol. The zero-order valence-corrected chi connectivity index (χ0v) is 7.71. The summed E-state index contributed by atoms with van der Waals surface area (Å²) in [5, 5.41) is 0. The summed E-state index contributed by atoms with van der Waals surface area (Å²) >= 11 is 0. The molecule has 0 aromatic rings. The normalized spacial score (nSPS) is 29.2. The lowest BCUT2D eigenvalue weighted by Gasteiger charge is -2.29. The molecule has 0 fully saturated rings. The van der Waals surface area contributed by atoms with Gasteiger partial charge in [0.25, 0.3) is 6.02 Å². The maximum atomic E-state index is 11.3. The van der Waals surface area contributed by atoms with Gasteiger partial charge in [-0.25, -0.2) is 9.79 Å². The average Bonchev–Trinajstić information content (AvgIpc) is 2.56. The van der Waals surface area contributed by atoms with Crippen molar-refractivity contribution in [3.05, 3.63) is 12.2 Å². The highest BCUT2D eigenvalue weighted by atomic mass is 16.5. The first-order valence-electron chi connectivity index (χ1n) is 4.23. The predicted molar refractivity (Wildman–Crippen MR) is 48.5 cm³/mol. The number of nitrogens with two attached hydrogens (primary N) is 1. The lowest BCUT2D eigenvalue weighted by Crippen LogP contribution is -2.46. The molecule has 0 saturated carbocycles. The third-order valence-electron chi connectivity index (χ3n) is 2.17. The van der Waals surface area contributed by atoms with Gasteiger partial charge in [0, 0.05) is 6.54 Å². The van der Waals surface area contributed by atoms with Gasteiger partial charge in [-0.1, -0.05) is 6.08 Å². The quantitative estimate of drug-likeness (QED) is 0.539.